The number of aliphatic carboxylic acids is 1. The molecule has 1 aromatic carbocycles. The molecule has 4 nitrogen and oxygen atoms in total. The lowest BCUT2D eigenvalue weighted by Crippen LogP contribution is -2.49. The minimum Gasteiger partial charge on any atom is -0.548 e. The van der Waals surface area contributed by atoms with Gasteiger partial charge in [-0.3, -0.25) is 4.79 Å². The molecule has 7 heteroatoms. The number of piperidine rings is 1. The summed E-state index contributed by atoms with van der Waals surface area (Å²) >= 11 is 0. The number of carboxylic acids is 1. The van der Waals surface area contributed by atoms with Crippen molar-refractivity contribution < 1.29 is 27.9 Å². The van der Waals surface area contributed by atoms with Crippen molar-refractivity contribution in [1.82, 2.24) is 4.90 Å². The number of carboxylic acid groups (broad SMARTS) is 1. The van der Waals surface area contributed by atoms with Crippen LogP contribution in [-0.4, -0.2) is 29.4 Å². The number of likely N-dealkylation sites (tertiary alicyclic amines) is 1. The van der Waals surface area contributed by atoms with E-state index in [0.717, 1.165) is 29.5 Å². The van der Waals surface area contributed by atoms with Crippen LogP contribution in [0.3, 0.4) is 0 Å². The number of nitrogens with zero attached hydrogens (tertiary/aromatic N) is 1. The van der Waals surface area contributed by atoms with Crippen molar-refractivity contribution in [3.05, 3.63) is 35.4 Å². The third kappa shape index (κ3) is 2.36. The molecule has 1 aliphatic heterocycles. The molecule has 112 valence electrons. The van der Waals surface area contributed by atoms with Crippen LogP contribution >= 0.6 is 0 Å². The van der Waals surface area contributed by atoms with Gasteiger partial charge in [-0.15, -0.1) is 0 Å². The maximum atomic E-state index is 12.7. The number of hydrogen-bond acceptors (Lipinski definition) is 3. The number of benzene rings is 1. The number of fused-ring (bicyclic) bond motifs is 1. The second-order valence-electron chi connectivity index (χ2n) is 5.46. The molecule has 0 unspecified atom stereocenters. The standard InChI is InChI=1S/C14H12F3NO3/c15-14(16,17)9-3-1-2-7(4-9)12(19)18-6-8-5-10(8)11(18)13(20)21/h1-4,8,10-11H,5-6H2,(H,20,21)/p-1/t8-,10-,11-/m1/s1. The van der Waals surface area contributed by atoms with Crippen molar-refractivity contribution in [2.75, 3.05) is 6.54 Å². The van der Waals surface area contributed by atoms with Crippen molar-refractivity contribution in [2.45, 2.75) is 18.6 Å². The third-order valence-electron chi connectivity index (χ3n) is 4.09. The van der Waals surface area contributed by atoms with Crippen molar-refractivity contribution in [3.63, 3.8) is 0 Å². The quantitative estimate of drug-likeness (QED) is 0.815. The Morgan fingerprint density at radius 2 is 2.00 bits per heavy atom. The molecule has 21 heavy (non-hydrogen) atoms. The molecule has 0 aromatic heterocycles. The predicted molar refractivity (Wildman–Crippen MR) is 62.9 cm³/mol. The van der Waals surface area contributed by atoms with Crippen molar-refractivity contribution in [1.29, 1.82) is 0 Å². The van der Waals surface area contributed by atoms with Gasteiger partial charge in [-0.2, -0.15) is 13.2 Å². The van der Waals surface area contributed by atoms with Crippen molar-refractivity contribution in [2.24, 2.45) is 11.8 Å². The number of hydrogen-bond donors (Lipinski definition) is 0. The molecule has 0 N–H and O–H groups in total. The largest absolute Gasteiger partial charge is 0.548 e. The lowest BCUT2D eigenvalue weighted by Gasteiger charge is -2.28. The van der Waals surface area contributed by atoms with Crippen LogP contribution < -0.4 is 5.11 Å². The van der Waals surface area contributed by atoms with Gasteiger partial charge in [-0.25, -0.2) is 0 Å². The van der Waals surface area contributed by atoms with E-state index in [9.17, 15) is 27.9 Å². The Labute approximate surface area is 118 Å². The summed E-state index contributed by atoms with van der Waals surface area (Å²) in [5.74, 6) is -2.03. The monoisotopic (exact) mass is 298 g/mol. The summed E-state index contributed by atoms with van der Waals surface area (Å²) in [5, 5.41) is 11.1. The Kier molecular flexibility index (Phi) is 2.96. The van der Waals surface area contributed by atoms with E-state index in [1.807, 2.05) is 0 Å². The summed E-state index contributed by atoms with van der Waals surface area (Å²) in [4.78, 5) is 24.5. The fourth-order valence-corrected chi connectivity index (χ4v) is 2.97. The maximum Gasteiger partial charge on any atom is 0.416 e. The van der Waals surface area contributed by atoms with Gasteiger partial charge in [0.2, 0.25) is 0 Å². The van der Waals surface area contributed by atoms with Gasteiger partial charge < -0.3 is 14.8 Å². The number of carbonyl (C=O) groups is 2. The van der Waals surface area contributed by atoms with Gasteiger partial charge in [0.15, 0.2) is 0 Å². The number of amides is 1. The highest BCUT2D eigenvalue weighted by atomic mass is 19.4. The molecule has 1 saturated carbocycles. The van der Waals surface area contributed by atoms with Crippen LogP contribution in [0, 0.1) is 11.8 Å². The van der Waals surface area contributed by atoms with Crippen LogP contribution in [0.15, 0.2) is 24.3 Å². The molecule has 2 aliphatic rings. The number of alkyl halides is 3. The summed E-state index contributed by atoms with van der Waals surface area (Å²) in [6.45, 7) is 0.262. The number of carbonyl (C=O) groups excluding carboxylic acids is 2. The Bertz CT molecular complexity index is 614. The second kappa shape index (κ2) is 4.47. The molecule has 1 amide bonds. The molecule has 0 radical (unpaired) electrons. The lowest BCUT2D eigenvalue weighted by molar-refractivity contribution is -0.310. The third-order valence-corrected chi connectivity index (χ3v) is 4.09. The van der Waals surface area contributed by atoms with E-state index in [1.165, 1.54) is 6.07 Å². The van der Waals surface area contributed by atoms with Gasteiger partial charge in [0.05, 0.1) is 17.6 Å². The summed E-state index contributed by atoms with van der Waals surface area (Å²) in [7, 11) is 0. The Balaban J connectivity index is 1.87. The zero-order valence-electron chi connectivity index (χ0n) is 10.8. The first-order valence-electron chi connectivity index (χ1n) is 6.48. The molecule has 1 aromatic rings. The van der Waals surface area contributed by atoms with Crippen LogP contribution in [0.2, 0.25) is 0 Å². The molecule has 3 atom stereocenters. The van der Waals surface area contributed by atoms with E-state index in [-0.39, 0.29) is 23.9 Å². The number of rotatable bonds is 2. The van der Waals surface area contributed by atoms with Gasteiger partial charge >= 0.3 is 6.18 Å². The Morgan fingerprint density at radius 3 is 2.62 bits per heavy atom. The molecule has 3 rings (SSSR count). The van der Waals surface area contributed by atoms with E-state index in [2.05, 4.69) is 0 Å². The molecule has 2 fully saturated rings. The smallest absolute Gasteiger partial charge is 0.416 e. The first-order chi connectivity index (χ1) is 9.79. The lowest BCUT2D eigenvalue weighted by atomic mass is 10.1. The normalized spacial score (nSPS) is 27.4. The van der Waals surface area contributed by atoms with E-state index in [4.69, 9.17) is 0 Å². The first kappa shape index (κ1) is 13.9. The minimum atomic E-state index is -4.54. The average Bonchev–Trinajstić information content (AvgIpc) is 3.07. The molecule has 0 bridgehead atoms. The second-order valence-corrected chi connectivity index (χ2v) is 5.46. The van der Waals surface area contributed by atoms with Gasteiger partial charge in [0.1, 0.15) is 0 Å². The van der Waals surface area contributed by atoms with Crippen LogP contribution in [0.1, 0.15) is 22.3 Å². The SMILES string of the molecule is O=C([O-])[C@H]1[C@@H]2C[C@@H]2CN1C(=O)c1cccc(C(F)(F)F)c1. The Morgan fingerprint density at radius 1 is 1.29 bits per heavy atom. The van der Waals surface area contributed by atoms with E-state index in [0.29, 0.717) is 0 Å². The van der Waals surface area contributed by atoms with Gasteiger partial charge in [-0.05, 0) is 36.5 Å². The highest BCUT2D eigenvalue weighted by Gasteiger charge is 2.54. The van der Waals surface area contributed by atoms with Gasteiger partial charge in [-0.1, -0.05) is 6.07 Å². The van der Waals surface area contributed by atoms with E-state index in [1.54, 1.807) is 0 Å². The highest BCUT2D eigenvalue weighted by Crippen LogP contribution is 2.49. The number of halogens is 3. The first-order valence-corrected chi connectivity index (χ1v) is 6.48. The summed E-state index contributed by atoms with van der Waals surface area (Å²) in [5.41, 5.74) is -1.08. The van der Waals surface area contributed by atoms with E-state index >= 15 is 0 Å². The molecule has 1 saturated heterocycles. The summed E-state index contributed by atoms with van der Waals surface area (Å²) < 4.78 is 38.0. The fraction of sp³-hybridized carbons (Fsp3) is 0.429. The maximum absolute atomic E-state index is 12.7. The molecular weight excluding hydrogens is 287 g/mol. The zero-order valence-corrected chi connectivity index (χ0v) is 10.8. The molecule has 1 aliphatic carbocycles. The van der Waals surface area contributed by atoms with E-state index < -0.39 is 29.7 Å². The Hall–Kier alpha value is -2.05. The van der Waals surface area contributed by atoms with Crippen molar-refractivity contribution in [3.8, 4) is 0 Å². The highest BCUT2D eigenvalue weighted by molar-refractivity contribution is 5.97. The van der Waals surface area contributed by atoms with Crippen LogP contribution in [-0.2, 0) is 11.0 Å². The van der Waals surface area contributed by atoms with Crippen LogP contribution in [0.25, 0.3) is 0 Å². The minimum absolute atomic E-state index is 0.121. The van der Waals surface area contributed by atoms with Crippen molar-refractivity contribution >= 4 is 11.9 Å². The van der Waals surface area contributed by atoms with Gasteiger partial charge in [0, 0.05) is 12.1 Å². The molecule has 1 heterocycles. The topological polar surface area (TPSA) is 60.4 Å². The summed E-state index contributed by atoms with van der Waals surface area (Å²) in [6, 6.07) is 2.99. The van der Waals surface area contributed by atoms with Gasteiger partial charge in [0.25, 0.3) is 5.91 Å². The van der Waals surface area contributed by atoms with Crippen LogP contribution in [0.5, 0.6) is 0 Å². The average molecular weight is 298 g/mol. The predicted octanol–water partition coefficient (Wildman–Crippen LogP) is 0.916. The summed E-state index contributed by atoms with van der Waals surface area (Å²) in [6.07, 6.45) is -3.82. The fourth-order valence-electron chi connectivity index (χ4n) is 2.97. The molecular formula is C14H11F3NO3-. The zero-order chi connectivity index (χ0) is 15.4. The van der Waals surface area contributed by atoms with Crippen LogP contribution in [0.4, 0.5) is 13.2 Å². The molecule has 0 spiro atoms.